The number of aromatic amines is 1. The molecule has 15 heavy (non-hydrogen) atoms. The Bertz CT molecular complexity index is 509. The number of benzene rings is 1. The quantitative estimate of drug-likeness (QED) is 0.757. The third kappa shape index (κ3) is 1.63. The summed E-state index contributed by atoms with van der Waals surface area (Å²) in [5, 5.41) is 6.35. The molecule has 0 atom stereocenters. The molecule has 2 aromatic rings. The maximum absolute atomic E-state index is 11.3. The summed E-state index contributed by atoms with van der Waals surface area (Å²) in [6.45, 7) is 2.01. The third-order valence-electron chi connectivity index (χ3n) is 2.21. The first-order valence-corrected chi connectivity index (χ1v) is 4.64. The van der Waals surface area contributed by atoms with Gasteiger partial charge in [-0.1, -0.05) is 29.8 Å². The van der Waals surface area contributed by atoms with Crippen LogP contribution in [0.3, 0.4) is 0 Å². The molecule has 0 aliphatic rings. The van der Waals surface area contributed by atoms with Crippen LogP contribution in [0.1, 0.15) is 5.56 Å². The Balaban J connectivity index is 2.54. The zero-order valence-electron chi connectivity index (χ0n) is 8.61. The number of hydrogen-bond acceptors (Lipinski definition) is 3. The predicted molar refractivity (Wildman–Crippen MR) is 58.3 cm³/mol. The maximum atomic E-state index is 11.3. The highest BCUT2D eigenvalue weighted by atomic mass is 16.2. The first-order valence-electron chi connectivity index (χ1n) is 4.64. The van der Waals surface area contributed by atoms with Gasteiger partial charge < -0.3 is 5.43 Å². The number of nitrogens with one attached hydrogen (secondary N) is 2. The number of aryl methyl sites for hydroxylation is 1. The molecule has 0 saturated carbocycles. The minimum Gasteiger partial charge on any atom is -0.323 e. The molecule has 0 fully saturated rings. The van der Waals surface area contributed by atoms with E-state index in [0.717, 1.165) is 5.56 Å². The average molecular weight is 204 g/mol. The van der Waals surface area contributed by atoms with E-state index in [2.05, 4.69) is 15.6 Å². The summed E-state index contributed by atoms with van der Waals surface area (Å²) >= 11 is 0. The summed E-state index contributed by atoms with van der Waals surface area (Å²) in [5.74, 6) is 0.586. The number of hydrogen-bond donors (Lipinski definition) is 2. The molecule has 0 saturated heterocycles. The fourth-order valence-electron chi connectivity index (χ4n) is 1.40. The topological polar surface area (TPSA) is 62.7 Å². The van der Waals surface area contributed by atoms with Crippen LogP contribution in [-0.4, -0.2) is 21.9 Å². The van der Waals surface area contributed by atoms with E-state index in [1.54, 1.807) is 7.05 Å². The van der Waals surface area contributed by atoms with Gasteiger partial charge in [-0.2, -0.15) is 9.77 Å². The second-order valence-corrected chi connectivity index (χ2v) is 3.28. The smallest absolute Gasteiger partial charge is 0.323 e. The lowest BCUT2D eigenvalue weighted by Crippen LogP contribution is -2.24. The van der Waals surface area contributed by atoms with Crippen molar-refractivity contribution < 1.29 is 0 Å². The molecule has 78 valence electrons. The molecule has 0 aliphatic carbocycles. The van der Waals surface area contributed by atoms with E-state index in [9.17, 15) is 4.79 Å². The van der Waals surface area contributed by atoms with Gasteiger partial charge >= 0.3 is 5.69 Å². The SMILES string of the molecule is CNn1c(-c2ccc(C)cc2)n[nH]c1=O. The summed E-state index contributed by atoms with van der Waals surface area (Å²) < 4.78 is 1.37. The standard InChI is InChI=1S/C10H12N4O/c1-7-3-5-8(6-4-7)9-12-13-10(15)14(9)11-2/h3-6,11H,1-2H3,(H,13,15). The van der Waals surface area contributed by atoms with Gasteiger partial charge in [-0.05, 0) is 6.92 Å². The third-order valence-corrected chi connectivity index (χ3v) is 2.21. The van der Waals surface area contributed by atoms with Gasteiger partial charge in [-0.3, -0.25) is 0 Å². The van der Waals surface area contributed by atoms with Crippen molar-refractivity contribution in [2.45, 2.75) is 6.92 Å². The second-order valence-electron chi connectivity index (χ2n) is 3.28. The van der Waals surface area contributed by atoms with Crippen LogP contribution < -0.4 is 11.1 Å². The van der Waals surface area contributed by atoms with Gasteiger partial charge in [0.15, 0.2) is 5.82 Å². The highest BCUT2D eigenvalue weighted by Crippen LogP contribution is 2.14. The lowest BCUT2D eigenvalue weighted by Gasteiger charge is -2.03. The van der Waals surface area contributed by atoms with Gasteiger partial charge in [0.1, 0.15) is 0 Å². The first-order chi connectivity index (χ1) is 7.22. The molecule has 1 aromatic carbocycles. The minimum atomic E-state index is -0.270. The summed E-state index contributed by atoms with van der Waals surface area (Å²) in [5.41, 5.74) is 4.57. The van der Waals surface area contributed by atoms with E-state index in [0.29, 0.717) is 5.82 Å². The lowest BCUT2D eigenvalue weighted by atomic mass is 10.1. The van der Waals surface area contributed by atoms with Crippen LogP contribution in [0.5, 0.6) is 0 Å². The van der Waals surface area contributed by atoms with E-state index < -0.39 is 0 Å². The van der Waals surface area contributed by atoms with Crippen molar-refractivity contribution in [1.29, 1.82) is 0 Å². The van der Waals surface area contributed by atoms with Gasteiger partial charge in [0.05, 0.1) is 0 Å². The summed E-state index contributed by atoms with van der Waals surface area (Å²) in [4.78, 5) is 11.3. The van der Waals surface area contributed by atoms with Crippen molar-refractivity contribution in [2.24, 2.45) is 0 Å². The van der Waals surface area contributed by atoms with Crippen LogP contribution in [0, 0.1) is 6.92 Å². The minimum absolute atomic E-state index is 0.270. The normalized spacial score (nSPS) is 10.3. The number of rotatable bonds is 2. The Morgan fingerprint density at radius 2 is 2.00 bits per heavy atom. The van der Waals surface area contributed by atoms with Crippen LogP contribution >= 0.6 is 0 Å². The highest BCUT2D eigenvalue weighted by Gasteiger charge is 2.08. The lowest BCUT2D eigenvalue weighted by molar-refractivity contribution is 0.881. The number of H-pyrrole nitrogens is 1. The molecule has 5 nitrogen and oxygen atoms in total. The monoisotopic (exact) mass is 204 g/mol. The second kappa shape index (κ2) is 3.61. The van der Waals surface area contributed by atoms with Crippen LogP contribution in [-0.2, 0) is 0 Å². The van der Waals surface area contributed by atoms with Gasteiger partial charge in [-0.15, -0.1) is 0 Å². The van der Waals surface area contributed by atoms with Crippen molar-refractivity contribution in [3.05, 3.63) is 40.3 Å². The highest BCUT2D eigenvalue weighted by molar-refractivity contribution is 5.55. The Kier molecular flexibility index (Phi) is 2.29. The van der Waals surface area contributed by atoms with Crippen LogP contribution in [0.2, 0.25) is 0 Å². The van der Waals surface area contributed by atoms with E-state index in [4.69, 9.17) is 0 Å². The van der Waals surface area contributed by atoms with Crippen molar-refractivity contribution in [3.8, 4) is 11.4 Å². The molecule has 1 aromatic heterocycles. The van der Waals surface area contributed by atoms with Crippen LogP contribution in [0.4, 0.5) is 0 Å². The molecule has 0 aliphatic heterocycles. The molecule has 2 rings (SSSR count). The van der Waals surface area contributed by atoms with E-state index >= 15 is 0 Å². The summed E-state index contributed by atoms with van der Waals surface area (Å²) in [7, 11) is 1.68. The Morgan fingerprint density at radius 3 is 2.60 bits per heavy atom. The van der Waals surface area contributed by atoms with Gasteiger partial charge in [0, 0.05) is 12.6 Å². The summed E-state index contributed by atoms with van der Waals surface area (Å²) in [6, 6.07) is 7.82. The van der Waals surface area contributed by atoms with E-state index in [1.165, 1.54) is 10.2 Å². The van der Waals surface area contributed by atoms with Crippen LogP contribution in [0.25, 0.3) is 11.4 Å². The molecular formula is C10H12N4O. The molecule has 0 spiro atoms. The molecular weight excluding hydrogens is 192 g/mol. The molecule has 0 amide bonds. The number of nitrogens with zero attached hydrogens (tertiary/aromatic N) is 2. The fraction of sp³-hybridized carbons (Fsp3) is 0.200. The van der Waals surface area contributed by atoms with Crippen LogP contribution in [0.15, 0.2) is 29.1 Å². The first kappa shape index (κ1) is 9.51. The Labute approximate surface area is 86.7 Å². The van der Waals surface area contributed by atoms with Gasteiger partial charge in [0.2, 0.25) is 0 Å². The molecule has 0 bridgehead atoms. The zero-order chi connectivity index (χ0) is 10.8. The maximum Gasteiger partial charge on any atom is 0.362 e. The zero-order valence-corrected chi connectivity index (χ0v) is 8.61. The summed E-state index contributed by atoms with van der Waals surface area (Å²) in [6.07, 6.45) is 0. The van der Waals surface area contributed by atoms with Gasteiger partial charge in [-0.25, -0.2) is 9.89 Å². The van der Waals surface area contributed by atoms with E-state index in [1.807, 2.05) is 31.2 Å². The molecule has 2 N–H and O–H groups in total. The molecule has 0 radical (unpaired) electrons. The molecule has 1 heterocycles. The average Bonchev–Trinajstić information content (AvgIpc) is 2.61. The van der Waals surface area contributed by atoms with Crippen molar-refractivity contribution in [3.63, 3.8) is 0 Å². The van der Waals surface area contributed by atoms with Crippen molar-refractivity contribution in [2.75, 3.05) is 12.5 Å². The molecule has 5 heteroatoms. The van der Waals surface area contributed by atoms with Gasteiger partial charge in [0.25, 0.3) is 0 Å². The Morgan fingerprint density at radius 1 is 1.33 bits per heavy atom. The van der Waals surface area contributed by atoms with E-state index in [-0.39, 0.29) is 5.69 Å². The van der Waals surface area contributed by atoms with Crippen molar-refractivity contribution in [1.82, 2.24) is 14.9 Å². The fourth-order valence-corrected chi connectivity index (χ4v) is 1.40. The largest absolute Gasteiger partial charge is 0.362 e. The van der Waals surface area contributed by atoms with Crippen molar-refractivity contribution >= 4 is 0 Å². The number of aromatic nitrogens is 3. The molecule has 0 unspecified atom stereocenters. The Hall–Kier alpha value is -2.04. The predicted octanol–water partition coefficient (Wildman–Crippen LogP) is 0.720.